The fourth-order valence-corrected chi connectivity index (χ4v) is 2.47. The van der Waals surface area contributed by atoms with Gasteiger partial charge in [-0.25, -0.2) is 0 Å². The van der Waals surface area contributed by atoms with E-state index in [1.54, 1.807) is 0 Å². The predicted molar refractivity (Wildman–Crippen MR) is 77.2 cm³/mol. The highest BCUT2D eigenvalue weighted by Crippen LogP contribution is 2.38. The van der Waals surface area contributed by atoms with Gasteiger partial charge in [0.2, 0.25) is 0 Å². The number of hydrogen-bond donors (Lipinski definition) is 2. The minimum Gasteiger partial charge on any atom is -0.392 e. The highest BCUT2D eigenvalue weighted by atomic mass is 19.4. The molecule has 0 spiro atoms. The van der Waals surface area contributed by atoms with E-state index in [-0.39, 0.29) is 17.7 Å². The molecule has 0 unspecified atom stereocenters. The lowest BCUT2D eigenvalue weighted by atomic mass is 9.94. The third-order valence-corrected chi connectivity index (χ3v) is 3.59. The number of H-pyrrole nitrogens is 1. The minimum absolute atomic E-state index is 0.237. The van der Waals surface area contributed by atoms with Gasteiger partial charge in [-0.15, -0.1) is 0 Å². The monoisotopic (exact) mass is 317 g/mol. The van der Waals surface area contributed by atoms with Crippen LogP contribution < -0.4 is 0 Å². The van der Waals surface area contributed by atoms with Crippen molar-refractivity contribution in [2.75, 3.05) is 0 Å². The van der Waals surface area contributed by atoms with E-state index in [1.165, 1.54) is 24.4 Å². The van der Waals surface area contributed by atoms with Crippen LogP contribution in [0.15, 0.2) is 36.5 Å². The van der Waals surface area contributed by atoms with Crippen LogP contribution in [0, 0.1) is 11.3 Å². The highest BCUT2D eigenvalue weighted by Gasteiger charge is 2.32. The number of benzene rings is 2. The largest absolute Gasteiger partial charge is 0.416 e. The van der Waals surface area contributed by atoms with E-state index in [2.05, 4.69) is 10.2 Å². The third kappa shape index (κ3) is 2.64. The minimum atomic E-state index is -4.51. The van der Waals surface area contributed by atoms with Gasteiger partial charge in [-0.3, -0.25) is 5.10 Å². The van der Waals surface area contributed by atoms with E-state index in [4.69, 9.17) is 5.26 Å². The number of rotatable bonds is 2. The molecule has 2 aromatic carbocycles. The van der Waals surface area contributed by atoms with Crippen molar-refractivity contribution in [3.63, 3.8) is 0 Å². The lowest BCUT2D eigenvalue weighted by molar-refractivity contribution is -0.137. The Bertz CT molecular complexity index is 922. The Morgan fingerprint density at radius 2 is 1.96 bits per heavy atom. The molecule has 0 aliphatic heterocycles. The molecule has 0 amide bonds. The van der Waals surface area contributed by atoms with E-state index in [0.717, 1.165) is 12.1 Å². The number of fused-ring (bicyclic) bond motifs is 1. The summed E-state index contributed by atoms with van der Waals surface area (Å²) in [6.45, 7) is -0.351. The summed E-state index contributed by atoms with van der Waals surface area (Å²) in [6, 6.07) is 8.44. The molecule has 0 fully saturated rings. The van der Waals surface area contributed by atoms with Gasteiger partial charge in [0.15, 0.2) is 0 Å². The summed E-state index contributed by atoms with van der Waals surface area (Å²) in [4.78, 5) is 0. The number of aliphatic hydroxyl groups excluding tert-OH is 1. The molecule has 4 nitrogen and oxygen atoms in total. The van der Waals surface area contributed by atoms with Gasteiger partial charge in [0.05, 0.1) is 35.5 Å². The molecule has 23 heavy (non-hydrogen) atoms. The lowest BCUT2D eigenvalue weighted by Gasteiger charge is -2.13. The second-order valence-corrected chi connectivity index (χ2v) is 4.99. The van der Waals surface area contributed by atoms with Crippen LogP contribution in [-0.2, 0) is 12.8 Å². The summed E-state index contributed by atoms with van der Waals surface area (Å²) >= 11 is 0. The average Bonchev–Trinajstić information content (AvgIpc) is 3.01. The van der Waals surface area contributed by atoms with Gasteiger partial charge in [-0.05, 0) is 41.0 Å². The molecule has 116 valence electrons. The quantitative estimate of drug-likeness (QED) is 0.758. The van der Waals surface area contributed by atoms with Gasteiger partial charge < -0.3 is 5.11 Å². The predicted octanol–water partition coefficient (Wildman–Crippen LogP) is 3.61. The SMILES string of the molecule is N#Cc1ccc(CO)c(-c2cc(C(F)(F)F)cc3[nH]ncc23)c1. The van der Waals surface area contributed by atoms with Crippen LogP contribution >= 0.6 is 0 Å². The van der Waals surface area contributed by atoms with Crippen molar-refractivity contribution in [2.45, 2.75) is 12.8 Å². The van der Waals surface area contributed by atoms with Gasteiger partial charge in [0, 0.05) is 5.39 Å². The maximum atomic E-state index is 13.1. The van der Waals surface area contributed by atoms with Crippen LogP contribution in [0.5, 0.6) is 0 Å². The van der Waals surface area contributed by atoms with Crippen molar-refractivity contribution >= 4 is 10.9 Å². The fraction of sp³-hybridized carbons (Fsp3) is 0.125. The molecule has 2 N–H and O–H groups in total. The number of hydrogen-bond acceptors (Lipinski definition) is 3. The number of nitrogens with zero attached hydrogens (tertiary/aromatic N) is 2. The molecule has 3 aromatic rings. The fourth-order valence-electron chi connectivity index (χ4n) is 2.47. The second-order valence-electron chi connectivity index (χ2n) is 4.99. The van der Waals surface area contributed by atoms with Crippen molar-refractivity contribution in [2.24, 2.45) is 0 Å². The maximum absolute atomic E-state index is 13.1. The molecule has 0 aliphatic carbocycles. The number of aromatic nitrogens is 2. The Labute approximate surface area is 128 Å². The van der Waals surface area contributed by atoms with Gasteiger partial charge in [0.25, 0.3) is 0 Å². The zero-order valence-corrected chi connectivity index (χ0v) is 11.6. The van der Waals surface area contributed by atoms with Gasteiger partial charge in [-0.2, -0.15) is 23.5 Å². The van der Waals surface area contributed by atoms with Crippen LogP contribution in [0.3, 0.4) is 0 Å². The summed E-state index contributed by atoms with van der Waals surface area (Å²) in [5.74, 6) is 0. The van der Waals surface area contributed by atoms with Crippen LogP contribution in [0.25, 0.3) is 22.0 Å². The molecular formula is C16H10F3N3O. The zero-order valence-electron chi connectivity index (χ0n) is 11.6. The summed E-state index contributed by atoms with van der Waals surface area (Å²) in [6.07, 6.45) is -3.09. The summed E-state index contributed by atoms with van der Waals surface area (Å²) < 4.78 is 39.3. The summed E-state index contributed by atoms with van der Waals surface area (Å²) in [5.41, 5.74) is 0.794. The Kier molecular flexibility index (Phi) is 3.54. The maximum Gasteiger partial charge on any atom is 0.416 e. The molecule has 7 heteroatoms. The topological polar surface area (TPSA) is 72.7 Å². The first-order chi connectivity index (χ1) is 10.9. The Morgan fingerprint density at radius 1 is 1.17 bits per heavy atom. The summed E-state index contributed by atoms with van der Waals surface area (Å²) in [5, 5.41) is 25.3. The smallest absolute Gasteiger partial charge is 0.392 e. The van der Waals surface area contributed by atoms with Gasteiger partial charge in [0.1, 0.15) is 0 Å². The normalized spacial score (nSPS) is 11.6. The Balaban J connectivity index is 2.36. The molecule has 0 saturated carbocycles. The molecular weight excluding hydrogens is 307 g/mol. The molecule has 0 saturated heterocycles. The first-order valence-corrected chi connectivity index (χ1v) is 6.62. The first-order valence-electron chi connectivity index (χ1n) is 6.62. The number of alkyl halides is 3. The van der Waals surface area contributed by atoms with E-state index in [0.29, 0.717) is 22.1 Å². The van der Waals surface area contributed by atoms with Crippen LogP contribution in [0.4, 0.5) is 13.2 Å². The van der Waals surface area contributed by atoms with E-state index >= 15 is 0 Å². The lowest BCUT2D eigenvalue weighted by Crippen LogP contribution is -2.05. The van der Waals surface area contributed by atoms with E-state index in [9.17, 15) is 18.3 Å². The van der Waals surface area contributed by atoms with E-state index in [1.807, 2.05) is 6.07 Å². The second kappa shape index (κ2) is 5.41. The van der Waals surface area contributed by atoms with Crippen LogP contribution in [0.1, 0.15) is 16.7 Å². The number of aromatic amines is 1. The van der Waals surface area contributed by atoms with Crippen molar-refractivity contribution in [1.82, 2.24) is 10.2 Å². The van der Waals surface area contributed by atoms with Crippen LogP contribution in [0.2, 0.25) is 0 Å². The first kappa shape index (κ1) is 15.1. The molecule has 0 aliphatic rings. The van der Waals surface area contributed by atoms with Crippen molar-refractivity contribution in [3.8, 4) is 17.2 Å². The van der Waals surface area contributed by atoms with Gasteiger partial charge >= 0.3 is 6.18 Å². The Morgan fingerprint density at radius 3 is 2.61 bits per heavy atom. The average molecular weight is 317 g/mol. The van der Waals surface area contributed by atoms with Crippen molar-refractivity contribution in [1.29, 1.82) is 5.26 Å². The molecule has 1 heterocycles. The molecule has 0 atom stereocenters. The number of nitriles is 1. The molecule has 0 bridgehead atoms. The Hall–Kier alpha value is -2.85. The number of aliphatic hydroxyl groups is 1. The van der Waals surface area contributed by atoms with E-state index < -0.39 is 11.7 Å². The molecule has 1 aromatic heterocycles. The standard InChI is InChI=1S/C16H10F3N3O/c17-16(18,19)11-4-13(14-7-21-22-15(14)5-11)12-3-9(6-20)1-2-10(12)8-23/h1-5,7,23H,8H2,(H,21,22). The van der Waals surface area contributed by atoms with Crippen LogP contribution in [-0.4, -0.2) is 15.3 Å². The molecule has 3 rings (SSSR count). The number of nitrogens with one attached hydrogen (secondary N) is 1. The van der Waals surface area contributed by atoms with Crippen molar-refractivity contribution < 1.29 is 18.3 Å². The highest BCUT2D eigenvalue weighted by molar-refractivity contribution is 5.96. The number of halogens is 3. The third-order valence-electron chi connectivity index (χ3n) is 3.59. The van der Waals surface area contributed by atoms with Gasteiger partial charge in [-0.1, -0.05) is 6.07 Å². The van der Waals surface area contributed by atoms with Crippen molar-refractivity contribution in [3.05, 3.63) is 53.2 Å². The molecule has 0 radical (unpaired) electrons. The summed E-state index contributed by atoms with van der Waals surface area (Å²) in [7, 11) is 0. The zero-order chi connectivity index (χ0) is 16.6.